The number of benzene rings is 2. The van der Waals surface area contributed by atoms with Crippen molar-refractivity contribution in [1.82, 2.24) is 15.2 Å². The Labute approximate surface area is 178 Å². The molecule has 1 aliphatic heterocycles. The lowest BCUT2D eigenvalue weighted by molar-refractivity contribution is 0.0728. The molecule has 1 unspecified atom stereocenters. The lowest BCUT2D eigenvalue weighted by Gasteiger charge is -2.36. The first-order chi connectivity index (χ1) is 14.9. The average Bonchev–Trinajstić information content (AvgIpc) is 2.76. The van der Waals surface area contributed by atoms with Crippen molar-refractivity contribution < 1.29 is 13.6 Å². The molecular weight excluding hydrogens is 398 g/mol. The standard InChI is InChI=1S/C24H22F2N4O/c1-14-22(27)20(23(28-2)17-11-18(25)13-19(26)12-17)7-9-30(14)24(31)16-5-6-21-15(10-16)4-3-8-29-21/h3-6,8,10-14,27-28H,7,9H2,1-2H3/b23-20-,27-22?. The van der Waals surface area contributed by atoms with Crippen molar-refractivity contribution in [2.24, 2.45) is 0 Å². The second-order valence-electron chi connectivity index (χ2n) is 7.51. The van der Waals surface area contributed by atoms with Gasteiger partial charge in [0, 0.05) is 53.6 Å². The number of hydrogen-bond donors (Lipinski definition) is 2. The molecule has 5 nitrogen and oxygen atoms in total. The first-order valence-corrected chi connectivity index (χ1v) is 10.0. The summed E-state index contributed by atoms with van der Waals surface area (Å²) in [5.41, 5.74) is 3.08. The van der Waals surface area contributed by atoms with E-state index in [1.807, 2.05) is 18.2 Å². The van der Waals surface area contributed by atoms with E-state index in [9.17, 15) is 13.6 Å². The molecule has 7 heteroatoms. The number of carbonyl (C=O) groups excluding carboxylic acids is 1. The van der Waals surface area contributed by atoms with Crippen LogP contribution >= 0.6 is 0 Å². The van der Waals surface area contributed by atoms with Gasteiger partial charge in [-0.1, -0.05) is 6.07 Å². The number of hydrogen-bond acceptors (Lipinski definition) is 4. The summed E-state index contributed by atoms with van der Waals surface area (Å²) in [6, 6.07) is 11.9. The van der Waals surface area contributed by atoms with Crippen LogP contribution in [0, 0.1) is 17.0 Å². The molecule has 0 radical (unpaired) electrons. The summed E-state index contributed by atoms with van der Waals surface area (Å²) in [4.78, 5) is 19.1. The number of aromatic nitrogens is 1. The van der Waals surface area contributed by atoms with Crippen LogP contribution in [0.5, 0.6) is 0 Å². The van der Waals surface area contributed by atoms with Crippen molar-refractivity contribution in [2.45, 2.75) is 19.4 Å². The number of amides is 1. The Morgan fingerprint density at radius 3 is 2.58 bits per heavy atom. The quantitative estimate of drug-likeness (QED) is 0.660. The van der Waals surface area contributed by atoms with E-state index in [0.29, 0.717) is 35.4 Å². The van der Waals surface area contributed by atoms with Crippen LogP contribution in [0.4, 0.5) is 8.78 Å². The van der Waals surface area contributed by atoms with Gasteiger partial charge in [0.05, 0.1) is 17.3 Å². The third kappa shape index (κ3) is 3.91. The number of piperidine rings is 1. The van der Waals surface area contributed by atoms with E-state index in [2.05, 4.69) is 10.3 Å². The predicted octanol–water partition coefficient (Wildman–Crippen LogP) is 4.40. The van der Waals surface area contributed by atoms with Gasteiger partial charge in [-0.05, 0) is 49.7 Å². The van der Waals surface area contributed by atoms with Gasteiger partial charge >= 0.3 is 0 Å². The molecule has 2 heterocycles. The Balaban J connectivity index is 1.64. The molecule has 0 saturated carbocycles. The molecule has 2 N–H and O–H groups in total. The van der Waals surface area contributed by atoms with Gasteiger partial charge in [0.1, 0.15) is 11.6 Å². The van der Waals surface area contributed by atoms with Crippen molar-refractivity contribution in [3.63, 3.8) is 0 Å². The number of fused-ring (bicyclic) bond motifs is 1. The minimum absolute atomic E-state index is 0.162. The van der Waals surface area contributed by atoms with Crippen LogP contribution in [-0.2, 0) is 0 Å². The summed E-state index contributed by atoms with van der Waals surface area (Å²) in [6.45, 7) is 2.19. The third-order valence-corrected chi connectivity index (χ3v) is 5.63. The van der Waals surface area contributed by atoms with Gasteiger partial charge in [0.2, 0.25) is 0 Å². The molecule has 31 heavy (non-hydrogen) atoms. The maximum atomic E-state index is 13.7. The van der Waals surface area contributed by atoms with E-state index in [4.69, 9.17) is 5.41 Å². The van der Waals surface area contributed by atoms with E-state index < -0.39 is 17.7 Å². The van der Waals surface area contributed by atoms with Crippen LogP contribution in [-0.4, -0.2) is 41.1 Å². The number of pyridine rings is 1. The van der Waals surface area contributed by atoms with E-state index >= 15 is 0 Å². The van der Waals surface area contributed by atoms with Crippen molar-refractivity contribution in [3.05, 3.63) is 83.1 Å². The van der Waals surface area contributed by atoms with Gasteiger partial charge < -0.3 is 15.6 Å². The minimum Gasteiger partial charge on any atom is -0.387 e. The van der Waals surface area contributed by atoms with E-state index in [1.54, 1.807) is 37.2 Å². The number of halogens is 2. The highest BCUT2D eigenvalue weighted by Gasteiger charge is 2.32. The average molecular weight is 420 g/mol. The maximum Gasteiger partial charge on any atom is 0.254 e. The van der Waals surface area contributed by atoms with Crippen molar-refractivity contribution in [3.8, 4) is 0 Å². The Kier molecular flexibility index (Phi) is 5.50. The summed E-state index contributed by atoms with van der Waals surface area (Å²) in [7, 11) is 1.66. The third-order valence-electron chi connectivity index (χ3n) is 5.63. The van der Waals surface area contributed by atoms with E-state index in [-0.39, 0.29) is 11.6 Å². The lowest BCUT2D eigenvalue weighted by atomic mass is 9.90. The maximum absolute atomic E-state index is 13.7. The molecule has 0 spiro atoms. The molecule has 2 aromatic carbocycles. The summed E-state index contributed by atoms with van der Waals surface area (Å²) >= 11 is 0. The van der Waals surface area contributed by atoms with Gasteiger partial charge in [-0.25, -0.2) is 8.78 Å². The van der Waals surface area contributed by atoms with Gasteiger partial charge in [-0.3, -0.25) is 9.78 Å². The molecular formula is C24H22F2N4O. The van der Waals surface area contributed by atoms with E-state index in [0.717, 1.165) is 17.0 Å². The minimum atomic E-state index is -0.679. The van der Waals surface area contributed by atoms with Crippen molar-refractivity contribution >= 4 is 28.2 Å². The zero-order valence-electron chi connectivity index (χ0n) is 17.2. The number of rotatable bonds is 3. The van der Waals surface area contributed by atoms with Crippen LogP contribution < -0.4 is 5.32 Å². The Hall–Kier alpha value is -3.61. The molecule has 3 aromatic rings. The van der Waals surface area contributed by atoms with E-state index in [1.165, 1.54) is 12.1 Å². The smallest absolute Gasteiger partial charge is 0.254 e. The van der Waals surface area contributed by atoms with Gasteiger partial charge in [-0.2, -0.15) is 0 Å². The summed E-state index contributed by atoms with van der Waals surface area (Å²) < 4.78 is 27.5. The molecule has 1 saturated heterocycles. The second-order valence-corrected chi connectivity index (χ2v) is 7.51. The normalized spacial score (nSPS) is 18.3. The largest absolute Gasteiger partial charge is 0.387 e. The van der Waals surface area contributed by atoms with Crippen molar-refractivity contribution in [1.29, 1.82) is 5.41 Å². The Morgan fingerprint density at radius 2 is 1.87 bits per heavy atom. The molecule has 158 valence electrons. The Bertz CT molecular complexity index is 1200. The number of nitrogens with one attached hydrogen (secondary N) is 2. The fraction of sp³-hybridized carbons (Fsp3) is 0.208. The highest BCUT2D eigenvalue weighted by Crippen LogP contribution is 2.28. The topological polar surface area (TPSA) is 69.1 Å². The molecule has 0 aliphatic carbocycles. The molecule has 1 aliphatic rings. The van der Waals surface area contributed by atoms with Gasteiger partial charge in [-0.15, -0.1) is 0 Å². The van der Waals surface area contributed by atoms with Crippen LogP contribution in [0.3, 0.4) is 0 Å². The summed E-state index contributed by atoms with van der Waals surface area (Å²) in [5.74, 6) is -1.52. The molecule has 0 bridgehead atoms. The summed E-state index contributed by atoms with van der Waals surface area (Å²) in [5, 5.41) is 12.5. The summed E-state index contributed by atoms with van der Waals surface area (Å²) in [6.07, 6.45) is 2.11. The first-order valence-electron chi connectivity index (χ1n) is 10.0. The SMILES string of the molecule is CN/C(=C1/CCN(C(=O)c2ccc3ncccc3c2)C(C)C1=N)c1cc(F)cc(F)c1. The van der Waals surface area contributed by atoms with Crippen molar-refractivity contribution in [2.75, 3.05) is 13.6 Å². The zero-order chi connectivity index (χ0) is 22.1. The Morgan fingerprint density at radius 1 is 1.13 bits per heavy atom. The molecule has 4 rings (SSSR count). The highest BCUT2D eigenvalue weighted by molar-refractivity contribution is 6.10. The molecule has 1 atom stereocenters. The molecule has 1 amide bonds. The van der Waals surface area contributed by atoms with Crippen LogP contribution in [0.15, 0.2) is 60.3 Å². The number of likely N-dealkylation sites (tertiary alicyclic amines) is 1. The predicted molar refractivity (Wildman–Crippen MR) is 117 cm³/mol. The van der Waals surface area contributed by atoms with Crippen LogP contribution in [0.2, 0.25) is 0 Å². The highest BCUT2D eigenvalue weighted by atomic mass is 19.1. The fourth-order valence-electron chi connectivity index (χ4n) is 4.05. The number of nitrogens with zero attached hydrogens (tertiary/aromatic N) is 2. The first kappa shape index (κ1) is 20.7. The molecule has 1 aromatic heterocycles. The monoisotopic (exact) mass is 420 g/mol. The van der Waals surface area contributed by atoms with Gasteiger partial charge in [0.15, 0.2) is 0 Å². The van der Waals surface area contributed by atoms with Gasteiger partial charge in [0.25, 0.3) is 5.91 Å². The fourth-order valence-corrected chi connectivity index (χ4v) is 4.05. The second kappa shape index (κ2) is 8.26. The van der Waals surface area contributed by atoms with Crippen LogP contribution in [0.1, 0.15) is 29.3 Å². The zero-order valence-corrected chi connectivity index (χ0v) is 17.2. The van der Waals surface area contributed by atoms with Crippen LogP contribution in [0.25, 0.3) is 16.6 Å². The number of carbonyl (C=O) groups is 1. The lowest BCUT2D eigenvalue weighted by Crippen LogP contribution is -2.48. The molecule has 1 fully saturated rings.